The van der Waals surface area contributed by atoms with E-state index in [1.165, 1.54) is 8.61 Å². The summed E-state index contributed by atoms with van der Waals surface area (Å²) >= 11 is 0. The van der Waals surface area contributed by atoms with Gasteiger partial charge in [-0.1, -0.05) is 13.8 Å². The third kappa shape index (κ3) is 4.62. The molecule has 0 N–H and O–H groups in total. The van der Waals surface area contributed by atoms with Gasteiger partial charge in [-0.05, 0) is 24.3 Å². The van der Waals surface area contributed by atoms with Gasteiger partial charge in [0.15, 0.2) is 0 Å². The van der Waals surface area contributed by atoms with Gasteiger partial charge in [-0.15, -0.1) is 0 Å². The smallest absolute Gasteiger partial charge is 0.207 e. The first-order valence-electron chi connectivity index (χ1n) is 8.37. The Bertz CT molecular complexity index is 843. The minimum atomic E-state index is -4.55. The summed E-state index contributed by atoms with van der Waals surface area (Å²) in [6.45, 7) is 3.88. The molecule has 0 aliphatic carbocycles. The number of hydrogen-bond acceptors (Lipinski definition) is 4. The van der Waals surface area contributed by atoms with Crippen LogP contribution < -0.4 is 0 Å². The van der Waals surface area contributed by atoms with E-state index in [9.17, 15) is 30.0 Å². The largest absolute Gasteiger partial charge is 0.416 e. The van der Waals surface area contributed by atoms with Gasteiger partial charge >= 0.3 is 6.18 Å². The Morgan fingerprint density at radius 3 is 1.74 bits per heavy atom. The van der Waals surface area contributed by atoms with E-state index in [0.29, 0.717) is 25.2 Å². The van der Waals surface area contributed by atoms with Crippen molar-refractivity contribution in [3.05, 3.63) is 29.8 Å². The number of hydrogen-bond donors (Lipinski definition) is 0. The van der Waals surface area contributed by atoms with Gasteiger partial charge in [0.1, 0.15) is 0 Å². The number of benzene rings is 1. The molecular formula is C15H22F3N3O4S2. The van der Waals surface area contributed by atoms with Crippen LogP contribution in [0, 0.1) is 0 Å². The highest BCUT2D eigenvalue weighted by atomic mass is 32.2. The van der Waals surface area contributed by atoms with Crippen LogP contribution in [0.5, 0.6) is 0 Å². The first kappa shape index (κ1) is 22.1. The van der Waals surface area contributed by atoms with Crippen LogP contribution in [0.25, 0.3) is 0 Å². The van der Waals surface area contributed by atoms with E-state index in [1.807, 2.05) is 0 Å². The van der Waals surface area contributed by atoms with Crippen LogP contribution in [0.2, 0.25) is 0 Å². The average Bonchev–Trinajstić information content (AvgIpc) is 2.62. The van der Waals surface area contributed by atoms with Gasteiger partial charge in [0.25, 0.3) is 10.2 Å². The molecule has 154 valence electrons. The molecule has 0 amide bonds. The Morgan fingerprint density at radius 1 is 0.889 bits per heavy atom. The number of piperazine rings is 1. The third-order valence-corrected chi connectivity index (χ3v) is 8.47. The quantitative estimate of drug-likeness (QED) is 0.688. The Kier molecular flexibility index (Phi) is 6.57. The van der Waals surface area contributed by atoms with E-state index in [0.717, 1.165) is 16.4 Å². The van der Waals surface area contributed by atoms with Gasteiger partial charge in [0.05, 0.1) is 10.5 Å². The summed E-state index contributed by atoms with van der Waals surface area (Å²) in [5.74, 6) is 0. The molecule has 1 aromatic rings. The predicted octanol–water partition coefficient (Wildman–Crippen LogP) is 1.60. The molecule has 0 atom stereocenters. The summed E-state index contributed by atoms with van der Waals surface area (Å²) in [4.78, 5) is -0.254. The normalized spacial score (nSPS) is 18.1. The number of rotatable bonds is 6. The van der Waals surface area contributed by atoms with Gasteiger partial charge in [-0.25, -0.2) is 8.42 Å². The molecular weight excluding hydrogens is 407 g/mol. The van der Waals surface area contributed by atoms with Gasteiger partial charge in [0.2, 0.25) is 10.0 Å². The predicted molar refractivity (Wildman–Crippen MR) is 93.6 cm³/mol. The zero-order chi connectivity index (χ0) is 20.5. The van der Waals surface area contributed by atoms with E-state index in [2.05, 4.69) is 0 Å². The summed E-state index contributed by atoms with van der Waals surface area (Å²) in [6, 6.07) is 3.26. The van der Waals surface area contributed by atoms with Gasteiger partial charge in [0, 0.05) is 39.3 Å². The summed E-state index contributed by atoms with van der Waals surface area (Å²) in [5.41, 5.74) is -0.934. The molecule has 12 heteroatoms. The molecule has 0 spiro atoms. The van der Waals surface area contributed by atoms with Crippen LogP contribution in [0.1, 0.15) is 19.4 Å². The fourth-order valence-electron chi connectivity index (χ4n) is 2.82. The lowest BCUT2D eigenvalue weighted by molar-refractivity contribution is -0.137. The SMILES string of the molecule is CCN(CC)S(=O)(=O)N1CCN(S(=O)(=O)c2ccc(C(F)(F)F)cc2)CC1. The van der Waals surface area contributed by atoms with Crippen molar-refractivity contribution < 1.29 is 30.0 Å². The summed E-state index contributed by atoms with van der Waals surface area (Å²) in [7, 11) is -7.65. The molecule has 1 saturated heterocycles. The Morgan fingerprint density at radius 2 is 1.33 bits per heavy atom. The number of nitrogens with zero attached hydrogens (tertiary/aromatic N) is 3. The van der Waals surface area contributed by atoms with Gasteiger partial charge in [-0.3, -0.25) is 0 Å². The van der Waals surface area contributed by atoms with Crippen molar-refractivity contribution in [2.45, 2.75) is 24.9 Å². The van der Waals surface area contributed by atoms with Crippen molar-refractivity contribution >= 4 is 20.2 Å². The molecule has 1 aliphatic heterocycles. The lowest BCUT2D eigenvalue weighted by Gasteiger charge is -2.35. The second-order valence-electron chi connectivity index (χ2n) is 5.92. The lowest BCUT2D eigenvalue weighted by atomic mass is 10.2. The Balaban J connectivity index is 2.13. The van der Waals surface area contributed by atoms with Crippen molar-refractivity contribution in [1.82, 2.24) is 12.9 Å². The molecule has 0 bridgehead atoms. The fourth-order valence-corrected chi connectivity index (χ4v) is 5.85. The summed E-state index contributed by atoms with van der Waals surface area (Å²) < 4.78 is 91.7. The zero-order valence-corrected chi connectivity index (χ0v) is 16.6. The average molecular weight is 429 g/mol. The maximum Gasteiger partial charge on any atom is 0.416 e. The minimum Gasteiger partial charge on any atom is -0.207 e. The standard InChI is InChI=1S/C15H22F3N3O4S2/c1-3-19(4-2)27(24,25)21-11-9-20(10-12-21)26(22,23)14-7-5-13(6-8-14)15(16,17)18/h5-8H,3-4,9-12H2,1-2H3. The highest BCUT2D eigenvalue weighted by Crippen LogP contribution is 2.30. The highest BCUT2D eigenvalue weighted by Gasteiger charge is 2.36. The minimum absolute atomic E-state index is 0.0152. The van der Waals surface area contributed by atoms with Gasteiger partial charge < -0.3 is 0 Å². The lowest BCUT2D eigenvalue weighted by Crippen LogP contribution is -2.54. The van der Waals surface area contributed by atoms with E-state index in [4.69, 9.17) is 0 Å². The van der Waals surface area contributed by atoms with Crippen LogP contribution in [-0.4, -0.2) is 69.0 Å². The molecule has 0 unspecified atom stereocenters. The van der Waals surface area contributed by atoms with E-state index in [-0.39, 0.29) is 31.1 Å². The van der Waals surface area contributed by atoms with Crippen LogP contribution in [0.15, 0.2) is 29.2 Å². The number of halogens is 3. The summed E-state index contributed by atoms with van der Waals surface area (Å²) in [5, 5.41) is 0. The molecule has 0 radical (unpaired) electrons. The van der Waals surface area contributed by atoms with Crippen LogP contribution >= 0.6 is 0 Å². The summed E-state index contributed by atoms with van der Waals surface area (Å²) in [6.07, 6.45) is -4.55. The molecule has 1 fully saturated rings. The maximum absolute atomic E-state index is 12.6. The molecule has 0 aromatic heterocycles. The van der Waals surface area contributed by atoms with Crippen molar-refractivity contribution in [3.63, 3.8) is 0 Å². The van der Waals surface area contributed by atoms with E-state index in [1.54, 1.807) is 13.8 Å². The second-order valence-corrected chi connectivity index (χ2v) is 9.78. The van der Waals surface area contributed by atoms with E-state index >= 15 is 0 Å². The molecule has 1 aromatic carbocycles. The first-order chi connectivity index (χ1) is 12.4. The fraction of sp³-hybridized carbons (Fsp3) is 0.600. The Labute approximate surface area is 157 Å². The van der Waals surface area contributed by atoms with Crippen LogP contribution in [0.4, 0.5) is 13.2 Å². The second kappa shape index (κ2) is 8.03. The molecule has 0 saturated carbocycles. The number of sulfonamides is 1. The van der Waals surface area contributed by atoms with Crippen molar-refractivity contribution in [2.75, 3.05) is 39.3 Å². The first-order valence-corrected chi connectivity index (χ1v) is 11.2. The van der Waals surface area contributed by atoms with Crippen LogP contribution in [-0.2, 0) is 26.4 Å². The zero-order valence-electron chi connectivity index (χ0n) is 15.0. The molecule has 7 nitrogen and oxygen atoms in total. The monoisotopic (exact) mass is 429 g/mol. The highest BCUT2D eigenvalue weighted by molar-refractivity contribution is 7.89. The van der Waals surface area contributed by atoms with E-state index < -0.39 is 32.0 Å². The molecule has 1 heterocycles. The van der Waals surface area contributed by atoms with Crippen molar-refractivity contribution in [1.29, 1.82) is 0 Å². The van der Waals surface area contributed by atoms with Crippen molar-refractivity contribution in [2.24, 2.45) is 0 Å². The topological polar surface area (TPSA) is 78.0 Å². The maximum atomic E-state index is 12.6. The molecule has 1 aliphatic rings. The molecule has 27 heavy (non-hydrogen) atoms. The van der Waals surface area contributed by atoms with Crippen molar-refractivity contribution in [3.8, 4) is 0 Å². The molecule has 2 rings (SSSR count). The number of alkyl halides is 3. The Hall–Kier alpha value is -1.21. The van der Waals surface area contributed by atoms with Crippen LogP contribution in [0.3, 0.4) is 0 Å². The van der Waals surface area contributed by atoms with Gasteiger partial charge in [-0.2, -0.15) is 34.5 Å². The third-order valence-electron chi connectivity index (χ3n) is 4.38.